The lowest BCUT2D eigenvalue weighted by atomic mass is 9.89. The predicted octanol–water partition coefficient (Wildman–Crippen LogP) is 1.33. The number of nitrogens with two attached hydrogens (primary N) is 1. The zero-order valence-electron chi connectivity index (χ0n) is 11.1. The molecule has 0 radical (unpaired) electrons. The third-order valence-corrected chi connectivity index (χ3v) is 3.30. The quantitative estimate of drug-likeness (QED) is 0.760. The summed E-state index contributed by atoms with van der Waals surface area (Å²) in [6, 6.07) is 7.51. The number of nitrogen functional groups attached to an aromatic ring is 1. The molecule has 1 aromatic carbocycles. The van der Waals surface area contributed by atoms with Gasteiger partial charge >= 0.3 is 0 Å². The van der Waals surface area contributed by atoms with Crippen LogP contribution in [0.3, 0.4) is 0 Å². The Kier molecular flexibility index (Phi) is 4.63. The van der Waals surface area contributed by atoms with Gasteiger partial charge in [-0.1, -0.05) is 12.1 Å². The van der Waals surface area contributed by atoms with Crippen molar-refractivity contribution < 1.29 is 14.3 Å². The van der Waals surface area contributed by atoms with Gasteiger partial charge < -0.3 is 20.5 Å². The summed E-state index contributed by atoms with van der Waals surface area (Å²) in [6.45, 7) is 0.334. The summed E-state index contributed by atoms with van der Waals surface area (Å²) >= 11 is 0. The minimum atomic E-state index is 0.00838. The SMILES string of the molecule is COC1CC(NC(=O)CCOc2ccccc2N)C1. The van der Waals surface area contributed by atoms with Crippen molar-refractivity contribution in [3.63, 3.8) is 0 Å². The van der Waals surface area contributed by atoms with Gasteiger partial charge in [0.25, 0.3) is 0 Å². The zero-order valence-corrected chi connectivity index (χ0v) is 11.1. The van der Waals surface area contributed by atoms with Crippen LogP contribution in [0, 0.1) is 0 Å². The normalized spacial score (nSPS) is 21.5. The molecule has 0 atom stereocenters. The first-order valence-corrected chi connectivity index (χ1v) is 6.48. The van der Waals surface area contributed by atoms with Crippen LogP contribution in [0.15, 0.2) is 24.3 Å². The van der Waals surface area contributed by atoms with E-state index in [2.05, 4.69) is 5.32 Å². The monoisotopic (exact) mass is 264 g/mol. The van der Waals surface area contributed by atoms with Crippen molar-refractivity contribution in [3.05, 3.63) is 24.3 Å². The molecule has 0 spiro atoms. The van der Waals surface area contributed by atoms with E-state index in [1.165, 1.54) is 0 Å². The van der Waals surface area contributed by atoms with Gasteiger partial charge in [-0.2, -0.15) is 0 Å². The van der Waals surface area contributed by atoms with Gasteiger partial charge in [-0.15, -0.1) is 0 Å². The molecule has 5 heteroatoms. The lowest BCUT2D eigenvalue weighted by molar-refractivity contribution is -0.123. The standard InChI is InChI=1S/C14H20N2O3/c1-18-11-8-10(9-11)16-14(17)6-7-19-13-5-3-2-4-12(13)15/h2-5,10-11H,6-9,15H2,1H3,(H,16,17). The fourth-order valence-corrected chi connectivity index (χ4v) is 2.04. The Morgan fingerprint density at radius 3 is 2.84 bits per heavy atom. The smallest absolute Gasteiger partial charge is 0.223 e. The number of hydrogen-bond donors (Lipinski definition) is 2. The number of amides is 1. The van der Waals surface area contributed by atoms with Gasteiger partial charge in [0.05, 0.1) is 24.8 Å². The third kappa shape index (κ3) is 3.86. The van der Waals surface area contributed by atoms with Crippen LogP contribution >= 0.6 is 0 Å². The van der Waals surface area contributed by atoms with Crippen LogP contribution in [0.2, 0.25) is 0 Å². The predicted molar refractivity (Wildman–Crippen MR) is 72.9 cm³/mol. The van der Waals surface area contributed by atoms with E-state index in [4.69, 9.17) is 15.2 Å². The molecular formula is C14H20N2O3. The molecule has 0 aromatic heterocycles. The molecule has 1 aromatic rings. The first kappa shape index (κ1) is 13.7. The maximum absolute atomic E-state index is 11.7. The molecule has 0 unspecified atom stereocenters. The number of rotatable bonds is 6. The van der Waals surface area contributed by atoms with E-state index in [0.717, 1.165) is 12.8 Å². The van der Waals surface area contributed by atoms with Crippen LogP contribution in [0.1, 0.15) is 19.3 Å². The summed E-state index contributed by atoms with van der Waals surface area (Å²) in [6.07, 6.45) is 2.43. The van der Waals surface area contributed by atoms with Gasteiger partial charge in [0, 0.05) is 13.2 Å². The molecule has 2 rings (SSSR count). The summed E-state index contributed by atoms with van der Waals surface area (Å²) < 4.78 is 10.6. The van der Waals surface area contributed by atoms with Crippen LogP contribution < -0.4 is 15.8 Å². The maximum atomic E-state index is 11.7. The highest BCUT2D eigenvalue weighted by Gasteiger charge is 2.29. The molecular weight excluding hydrogens is 244 g/mol. The summed E-state index contributed by atoms with van der Waals surface area (Å²) in [5.74, 6) is 0.632. The van der Waals surface area contributed by atoms with E-state index < -0.39 is 0 Å². The minimum absolute atomic E-state index is 0.00838. The maximum Gasteiger partial charge on any atom is 0.223 e. The number of hydrogen-bond acceptors (Lipinski definition) is 4. The van der Waals surface area contributed by atoms with E-state index in [1.807, 2.05) is 12.1 Å². The lowest BCUT2D eigenvalue weighted by Gasteiger charge is -2.34. The molecule has 1 aliphatic rings. The van der Waals surface area contributed by atoms with Crippen molar-refractivity contribution in [2.75, 3.05) is 19.5 Å². The summed E-state index contributed by atoms with van der Waals surface area (Å²) in [5.41, 5.74) is 6.33. The Morgan fingerprint density at radius 1 is 1.42 bits per heavy atom. The van der Waals surface area contributed by atoms with Crippen molar-refractivity contribution in [3.8, 4) is 5.75 Å². The Morgan fingerprint density at radius 2 is 2.16 bits per heavy atom. The van der Waals surface area contributed by atoms with E-state index in [9.17, 15) is 4.79 Å². The molecule has 3 N–H and O–H groups in total. The molecule has 1 fully saturated rings. The molecule has 0 saturated heterocycles. The van der Waals surface area contributed by atoms with Crippen LogP contribution in [0.25, 0.3) is 0 Å². The summed E-state index contributed by atoms with van der Waals surface area (Å²) in [4.78, 5) is 11.7. The number of nitrogens with one attached hydrogen (secondary N) is 1. The number of methoxy groups -OCH3 is 1. The number of para-hydroxylation sites is 2. The van der Waals surface area contributed by atoms with E-state index in [1.54, 1.807) is 19.2 Å². The van der Waals surface area contributed by atoms with E-state index >= 15 is 0 Å². The molecule has 0 bridgehead atoms. The van der Waals surface area contributed by atoms with E-state index in [-0.39, 0.29) is 11.9 Å². The van der Waals surface area contributed by atoms with E-state index in [0.29, 0.717) is 30.6 Å². The van der Waals surface area contributed by atoms with Gasteiger partial charge in [-0.25, -0.2) is 0 Å². The second-order valence-electron chi connectivity index (χ2n) is 4.73. The first-order chi connectivity index (χ1) is 9.19. The second kappa shape index (κ2) is 6.43. The fraction of sp³-hybridized carbons (Fsp3) is 0.500. The van der Waals surface area contributed by atoms with Crippen molar-refractivity contribution in [2.45, 2.75) is 31.4 Å². The highest BCUT2D eigenvalue weighted by molar-refractivity contribution is 5.76. The number of anilines is 1. The number of carbonyl (C=O) groups excluding carboxylic acids is 1. The van der Waals surface area contributed by atoms with Crippen LogP contribution in [0.5, 0.6) is 5.75 Å². The molecule has 1 amide bonds. The summed E-state index contributed by atoms with van der Waals surface area (Å²) in [7, 11) is 1.70. The van der Waals surface area contributed by atoms with Gasteiger partial charge in [-0.05, 0) is 25.0 Å². The largest absolute Gasteiger partial charge is 0.491 e. The van der Waals surface area contributed by atoms with Crippen molar-refractivity contribution >= 4 is 11.6 Å². The molecule has 0 heterocycles. The van der Waals surface area contributed by atoms with Gasteiger partial charge in [0.2, 0.25) is 5.91 Å². The van der Waals surface area contributed by atoms with Crippen LogP contribution in [0.4, 0.5) is 5.69 Å². The Hall–Kier alpha value is -1.75. The van der Waals surface area contributed by atoms with Gasteiger partial charge in [0.15, 0.2) is 0 Å². The molecule has 1 saturated carbocycles. The van der Waals surface area contributed by atoms with Gasteiger partial charge in [0.1, 0.15) is 5.75 Å². The Labute approximate surface area is 113 Å². The second-order valence-corrected chi connectivity index (χ2v) is 4.73. The number of benzene rings is 1. The average molecular weight is 264 g/mol. The Bertz CT molecular complexity index is 430. The summed E-state index contributed by atoms with van der Waals surface area (Å²) in [5, 5.41) is 2.95. The Balaban J connectivity index is 1.63. The molecule has 5 nitrogen and oxygen atoms in total. The lowest BCUT2D eigenvalue weighted by Crippen LogP contribution is -2.47. The molecule has 104 valence electrons. The number of carbonyl (C=O) groups is 1. The molecule has 1 aliphatic carbocycles. The average Bonchev–Trinajstić information content (AvgIpc) is 2.35. The van der Waals surface area contributed by atoms with Crippen molar-refractivity contribution in [2.24, 2.45) is 0 Å². The zero-order chi connectivity index (χ0) is 13.7. The minimum Gasteiger partial charge on any atom is -0.491 e. The highest BCUT2D eigenvalue weighted by atomic mass is 16.5. The number of ether oxygens (including phenoxy) is 2. The van der Waals surface area contributed by atoms with Crippen LogP contribution in [-0.2, 0) is 9.53 Å². The third-order valence-electron chi connectivity index (χ3n) is 3.30. The first-order valence-electron chi connectivity index (χ1n) is 6.48. The molecule has 0 aliphatic heterocycles. The van der Waals surface area contributed by atoms with Gasteiger partial charge in [-0.3, -0.25) is 4.79 Å². The van der Waals surface area contributed by atoms with Crippen molar-refractivity contribution in [1.82, 2.24) is 5.32 Å². The van der Waals surface area contributed by atoms with Crippen LogP contribution in [-0.4, -0.2) is 31.8 Å². The van der Waals surface area contributed by atoms with Crippen molar-refractivity contribution in [1.29, 1.82) is 0 Å². The highest BCUT2D eigenvalue weighted by Crippen LogP contribution is 2.22. The topological polar surface area (TPSA) is 73.6 Å². The fourth-order valence-electron chi connectivity index (χ4n) is 2.04. The molecule has 19 heavy (non-hydrogen) atoms.